The van der Waals surface area contributed by atoms with E-state index in [0.717, 1.165) is 11.0 Å². The van der Waals surface area contributed by atoms with Gasteiger partial charge in [0.05, 0.1) is 5.69 Å². The molecule has 1 atom stereocenters. The number of hydrogen-bond acceptors (Lipinski definition) is 2. The van der Waals surface area contributed by atoms with E-state index in [1.807, 2.05) is 0 Å². The van der Waals surface area contributed by atoms with Crippen LogP contribution in [-0.2, 0) is 0 Å². The van der Waals surface area contributed by atoms with E-state index in [0.29, 0.717) is 5.56 Å². The number of nitrogens with two attached hydrogens (primary N) is 1. The first-order chi connectivity index (χ1) is 8.63. The highest BCUT2D eigenvalue weighted by molar-refractivity contribution is 5.57. The third-order valence-corrected chi connectivity index (χ3v) is 2.77. The molecule has 0 unspecified atom stereocenters. The molecule has 0 amide bonds. The van der Waals surface area contributed by atoms with Gasteiger partial charge in [0.25, 0.3) is 0 Å². The molecular formula is C13H18F4N2. The molecule has 1 rings (SSSR count). The monoisotopic (exact) mass is 278 g/mol. The number of halogens is 4. The Kier molecular flexibility index (Phi) is 4.79. The van der Waals surface area contributed by atoms with Crippen molar-refractivity contribution in [2.24, 2.45) is 5.73 Å². The summed E-state index contributed by atoms with van der Waals surface area (Å²) in [6.07, 6.45) is -4.40. The van der Waals surface area contributed by atoms with E-state index in [1.165, 1.54) is 6.07 Å². The molecule has 0 saturated heterocycles. The maximum atomic E-state index is 13.9. The molecule has 108 valence electrons. The third kappa shape index (κ3) is 4.09. The van der Waals surface area contributed by atoms with Gasteiger partial charge < -0.3 is 10.6 Å². The van der Waals surface area contributed by atoms with Crippen molar-refractivity contribution in [1.29, 1.82) is 0 Å². The molecular weight excluding hydrogens is 260 g/mol. The molecule has 0 heterocycles. The summed E-state index contributed by atoms with van der Waals surface area (Å²) in [5.74, 6) is -0.687. The van der Waals surface area contributed by atoms with Gasteiger partial charge in [-0.3, -0.25) is 0 Å². The fourth-order valence-corrected chi connectivity index (χ4v) is 1.92. The Hall–Kier alpha value is -1.30. The van der Waals surface area contributed by atoms with Gasteiger partial charge in [0.1, 0.15) is 12.4 Å². The smallest absolute Gasteiger partial charge is 0.357 e. The summed E-state index contributed by atoms with van der Waals surface area (Å²) >= 11 is 0. The minimum absolute atomic E-state index is 0.0650. The summed E-state index contributed by atoms with van der Waals surface area (Å²) in [5, 5.41) is 0. The topological polar surface area (TPSA) is 29.3 Å². The molecule has 6 heteroatoms. The second-order valence-corrected chi connectivity index (χ2v) is 4.80. The largest absolute Gasteiger partial charge is 0.405 e. The SMILES string of the molecule is CC(C)N(CC(F)(F)F)c1c(F)cccc1[C@H](C)N. The molecule has 0 aromatic heterocycles. The number of alkyl halides is 3. The van der Waals surface area contributed by atoms with E-state index >= 15 is 0 Å². The van der Waals surface area contributed by atoms with E-state index in [2.05, 4.69) is 0 Å². The van der Waals surface area contributed by atoms with Crippen molar-refractivity contribution in [2.45, 2.75) is 39.0 Å². The van der Waals surface area contributed by atoms with E-state index in [1.54, 1.807) is 26.8 Å². The minimum Gasteiger partial charge on any atom is -0.357 e. The molecule has 2 N–H and O–H groups in total. The van der Waals surface area contributed by atoms with Crippen molar-refractivity contribution in [3.05, 3.63) is 29.6 Å². The Bertz CT molecular complexity index is 427. The first kappa shape index (κ1) is 15.8. The third-order valence-electron chi connectivity index (χ3n) is 2.77. The average Bonchev–Trinajstić information content (AvgIpc) is 2.24. The molecule has 2 nitrogen and oxygen atoms in total. The van der Waals surface area contributed by atoms with Crippen LogP contribution in [0.4, 0.5) is 23.2 Å². The first-order valence-corrected chi connectivity index (χ1v) is 6.01. The van der Waals surface area contributed by atoms with Gasteiger partial charge in [0.2, 0.25) is 0 Å². The summed E-state index contributed by atoms with van der Waals surface area (Å²) in [4.78, 5) is 0.994. The lowest BCUT2D eigenvalue weighted by Crippen LogP contribution is -2.40. The summed E-state index contributed by atoms with van der Waals surface area (Å²) < 4.78 is 51.8. The lowest BCUT2D eigenvalue weighted by Gasteiger charge is -2.32. The maximum Gasteiger partial charge on any atom is 0.405 e. The van der Waals surface area contributed by atoms with Crippen LogP contribution in [0, 0.1) is 5.82 Å². The zero-order chi connectivity index (χ0) is 14.8. The predicted molar refractivity (Wildman–Crippen MR) is 67.5 cm³/mol. The van der Waals surface area contributed by atoms with E-state index in [9.17, 15) is 17.6 Å². The first-order valence-electron chi connectivity index (χ1n) is 6.01. The molecule has 0 spiro atoms. The van der Waals surface area contributed by atoms with Gasteiger partial charge in [-0.25, -0.2) is 4.39 Å². The molecule has 1 aromatic carbocycles. The molecule has 1 aromatic rings. The van der Waals surface area contributed by atoms with Crippen molar-refractivity contribution in [3.63, 3.8) is 0 Å². The summed E-state index contributed by atoms with van der Waals surface area (Å²) in [6, 6.07) is 3.11. The van der Waals surface area contributed by atoms with Crippen LogP contribution in [-0.4, -0.2) is 18.8 Å². The van der Waals surface area contributed by atoms with Gasteiger partial charge >= 0.3 is 6.18 Å². The fourth-order valence-electron chi connectivity index (χ4n) is 1.92. The van der Waals surface area contributed by atoms with E-state index < -0.39 is 30.6 Å². The van der Waals surface area contributed by atoms with Gasteiger partial charge in [-0.05, 0) is 32.4 Å². The van der Waals surface area contributed by atoms with Gasteiger partial charge in [-0.15, -0.1) is 0 Å². The number of hydrogen-bond donors (Lipinski definition) is 1. The zero-order valence-corrected chi connectivity index (χ0v) is 11.1. The highest BCUT2D eigenvalue weighted by Gasteiger charge is 2.34. The van der Waals surface area contributed by atoms with E-state index in [4.69, 9.17) is 5.73 Å². The predicted octanol–water partition coefficient (Wildman–Crippen LogP) is 3.62. The van der Waals surface area contributed by atoms with Gasteiger partial charge in [0.15, 0.2) is 0 Å². The van der Waals surface area contributed by atoms with Gasteiger partial charge in [-0.2, -0.15) is 13.2 Å². The Morgan fingerprint density at radius 2 is 1.79 bits per heavy atom. The van der Waals surface area contributed by atoms with Crippen LogP contribution in [0.5, 0.6) is 0 Å². The van der Waals surface area contributed by atoms with Crippen molar-refractivity contribution < 1.29 is 17.6 Å². The Morgan fingerprint density at radius 1 is 1.21 bits per heavy atom. The molecule has 0 aliphatic heterocycles. The lowest BCUT2D eigenvalue weighted by atomic mass is 10.0. The van der Waals surface area contributed by atoms with Crippen LogP contribution >= 0.6 is 0 Å². The summed E-state index contributed by atoms with van der Waals surface area (Å²) in [5.41, 5.74) is 6.02. The number of anilines is 1. The molecule has 0 radical (unpaired) electrons. The highest BCUT2D eigenvalue weighted by Crippen LogP contribution is 2.32. The normalized spacial score (nSPS) is 13.7. The molecule has 0 bridgehead atoms. The van der Waals surface area contributed by atoms with Crippen LogP contribution in [0.2, 0.25) is 0 Å². The van der Waals surface area contributed by atoms with Crippen LogP contribution in [0.25, 0.3) is 0 Å². The number of rotatable bonds is 4. The van der Waals surface area contributed by atoms with Gasteiger partial charge in [-0.1, -0.05) is 12.1 Å². The summed E-state index contributed by atoms with van der Waals surface area (Å²) in [7, 11) is 0. The molecule has 0 saturated carbocycles. The number of nitrogens with zero attached hydrogens (tertiary/aromatic N) is 1. The Balaban J connectivity index is 3.30. The second-order valence-electron chi connectivity index (χ2n) is 4.80. The molecule has 0 fully saturated rings. The molecule has 0 aliphatic rings. The van der Waals surface area contributed by atoms with Crippen molar-refractivity contribution >= 4 is 5.69 Å². The quantitative estimate of drug-likeness (QED) is 0.852. The minimum atomic E-state index is -4.40. The fraction of sp³-hybridized carbons (Fsp3) is 0.538. The zero-order valence-electron chi connectivity index (χ0n) is 11.1. The Labute approximate surface area is 110 Å². The van der Waals surface area contributed by atoms with Crippen LogP contribution in [0.1, 0.15) is 32.4 Å². The highest BCUT2D eigenvalue weighted by atomic mass is 19.4. The maximum absolute atomic E-state index is 13.9. The van der Waals surface area contributed by atoms with Crippen molar-refractivity contribution in [2.75, 3.05) is 11.4 Å². The van der Waals surface area contributed by atoms with Crippen LogP contribution in [0.3, 0.4) is 0 Å². The lowest BCUT2D eigenvalue weighted by molar-refractivity contribution is -0.120. The van der Waals surface area contributed by atoms with Crippen LogP contribution in [0.15, 0.2) is 18.2 Å². The molecule has 19 heavy (non-hydrogen) atoms. The Morgan fingerprint density at radius 3 is 2.21 bits per heavy atom. The van der Waals surface area contributed by atoms with Crippen molar-refractivity contribution in [3.8, 4) is 0 Å². The molecule has 0 aliphatic carbocycles. The van der Waals surface area contributed by atoms with E-state index in [-0.39, 0.29) is 5.69 Å². The second kappa shape index (κ2) is 5.77. The average molecular weight is 278 g/mol. The number of para-hydroxylation sites is 1. The van der Waals surface area contributed by atoms with Crippen LogP contribution < -0.4 is 10.6 Å². The van der Waals surface area contributed by atoms with Crippen molar-refractivity contribution in [1.82, 2.24) is 0 Å². The standard InChI is InChI=1S/C13H18F4N2/c1-8(2)19(7-13(15,16)17)12-10(9(3)18)5-4-6-11(12)14/h4-6,8-9H,7,18H2,1-3H3/t9-/m0/s1. The number of benzene rings is 1. The summed E-state index contributed by atoms with van der Waals surface area (Å²) in [6.45, 7) is 3.59. The van der Waals surface area contributed by atoms with Gasteiger partial charge in [0, 0.05) is 12.1 Å².